The van der Waals surface area contributed by atoms with E-state index in [0.717, 1.165) is 16.8 Å². The third-order valence-corrected chi connectivity index (χ3v) is 4.45. The van der Waals surface area contributed by atoms with Crippen molar-refractivity contribution < 1.29 is 9.84 Å². The van der Waals surface area contributed by atoms with Crippen LogP contribution in [0.3, 0.4) is 0 Å². The lowest BCUT2D eigenvalue weighted by molar-refractivity contribution is 0.335. The van der Waals surface area contributed by atoms with Crippen molar-refractivity contribution in [2.45, 2.75) is 11.8 Å². The maximum absolute atomic E-state index is 10.7. The van der Waals surface area contributed by atoms with Crippen LogP contribution >= 0.6 is 24.2 Å². The smallest absolute Gasteiger partial charge is 0.221 e. The Morgan fingerprint density at radius 3 is 3.00 bits per heavy atom. The van der Waals surface area contributed by atoms with Gasteiger partial charge < -0.3 is 9.84 Å². The predicted molar refractivity (Wildman–Crippen MR) is 100 cm³/mol. The van der Waals surface area contributed by atoms with Gasteiger partial charge in [0.1, 0.15) is 11.4 Å². The standard InChI is InChI=1S/C17H15ClN4O2S/c18-10-1-3-13-14(9-10)21-22(20-13)15-4-2-12-11(16(15)23)5-6-19-17(12)24-7-8-25/h1-6,10,23,25H,7-9H2. The van der Waals surface area contributed by atoms with Crippen molar-refractivity contribution in [1.29, 1.82) is 0 Å². The Morgan fingerprint density at radius 1 is 1.28 bits per heavy atom. The number of ether oxygens (including phenoxy) is 1. The molecule has 1 N–H and O–H groups in total. The molecule has 0 aliphatic heterocycles. The summed E-state index contributed by atoms with van der Waals surface area (Å²) in [6.45, 7) is 0.442. The Hall–Kier alpha value is -2.25. The largest absolute Gasteiger partial charge is 0.505 e. The van der Waals surface area contributed by atoms with Gasteiger partial charge in [0.2, 0.25) is 5.88 Å². The number of nitrogens with zero attached hydrogens (tertiary/aromatic N) is 4. The van der Waals surface area contributed by atoms with E-state index in [1.165, 1.54) is 4.80 Å². The third-order valence-electron chi connectivity index (χ3n) is 3.97. The van der Waals surface area contributed by atoms with Gasteiger partial charge in [-0.3, -0.25) is 0 Å². The number of aromatic nitrogens is 4. The molecule has 2 aromatic heterocycles. The molecule has 1 aromatic carbocycles. The number of hydrogen-bond acceptors (Lipinski definition) is 6. The van der Waals surface area contributed by atoms with E-state index in [1.54, 1.807) is 18.3 Å². The number of benzene rings is 1. The van der Waals surface area contributed by atoms with Gasteiger partial charge >= 0.3 is 0 Å². The number of rotatable bonds is 4. The van der Waals surface area contributed by atoms with Crippen molar-refractivity contribution in [2.75, 3.05) is 12.4 Å². The molecule has 8 heteroatoms. The highest BCUT2D eigenvalue weighted by atomic mass is 35.5. The molecular formula is C17H15ClN4O2S. The second kappa shape index (κ2) is 6.57. The highest BCUT2D eigenvalue weighted by Crippen LogP contribution is 2.34. The van der Waals surface area contributed by atoms with Gasteiger partial charge in [-0.25, -0.2) is 4.98 Å². The van der Waals surface area contributed by atoms with Gasteiger partial charge in [-0.1, -0.05) is 6.08 Å². The van der Waals surface area contributed by atoms with Crippen LogP contribution in [-0.2, 0) is 6.42 Å². The van der Waals surface area contributed by atoms with E-state index in [1.807, 2.05) is 18.2 Å². The van der Waals surface area contributed by atoms with Crippen LogP contribution in [0.4, 0.5) is 0 Å². The predicted octanol–water partition coefficient (Wildman–Crippen LogP) is 3.01. The number of phenolic OH excluding ortho intramolecular Hbond substituents is 1. The first-order chi connectivity index (χ1) is 12.2. The van der Waals surface area contributed by atoms with E-state index in [4.69, 9.17) is 16.3 Å². The highest BCUT2D eigenvalue weighted by Gasteiger charge is 2.20. The normalized spacial score (nSPS) is 16.2. The molecule has 0 bridgehead atoms. The molecule has 0 radical (unpaired) electrons. The van der Waals surface area contributed by atoms with Crippen molar-refractivity contribution >= 4 is 41.1 Å². The first-order valence-corrected chi connectivity index (χ1v) is 8.87. The summed E-state index contributed by atoms with van der Waals surface area (Å²) in [5, 5.41) is 20.9. The van der Waals surface area contributed by atoms with Crippen LogP contribution in [0.25, 0.3) is 22.5 Å². The zero-order chi connectivity index (χ0) is 17.4. The van der Waals surface area contributed by atoms with E-state index in [2.05, 4.69) is 27.8 Å². The third kappa shape index (κ3) is 2.94. The first kappa shape index (κ1) is 16.2. The van der Waals surface area contributed by atoms with Crippen LogP contribution in [0.2, 0.25) is 0 Å². The van der Waals surface area contributed by atoms with Crippen molar-refractivity contribution in [3.63, 3.8) is 0 Å². The summed E-state index contributed by atoms with van der Waals surface area (Å²) in [7, 11) is 0. The zero-order valence-electron chi connectivity index (χ0n) is 13.1. The summed E-state index contributed by atoms with van der Waals surface area (Å²) in [6, 6.07) is 5.33. The molecule has 1 aliphatic rings. The minimum atomic E-state index is -0.0829. The Labute approximate surface area is 154 Å². The van der Waals surface area contributed by atoms with Crippen molar-refractivity contribution in [3.05, 3.63) is 41.9 Å². The van der Waals surface area contributed by atoms with Crippen LogP contribution in [0.5, 0.6) is 11.6 Å². The van der Waals surface area contributed by atoms with Gasteiger partial charge in [0.05, 0.1) is 17.7 Å². The van der Waals surface area contributed by atoms with Crippen LogP contribution in [0.15, 0.2) is 30.5 Å². The van der Waals surface area contributed by atoms with Crippen LogP contribution in [0.1, 0.15) is 11.4 Å². The van der Waals surface area contributed by atoms with Gasteiger partial charge in [-0.05, 0) is 24.3 Å². The number of aromatic hydroxyl groups is 1. The molecule has 0 amide bonds. The second-order valence-electron chi connectivity index (χ2n) is 5.62. The minimum Gasteiger partial charge on any atom is -0.505 e. The average molecular weight is 375 g/mol. The topological polar surface area (TPSA) is 73.1 Å². The number of phenols is 1. The number of halogens is 1. The summed E-state index contributed by atoms with van der Waals surface area (Å²) in [4.78, 5) is 5.66. The molecule has 25 heavy (non-hydrogen) atoms. The molecule has 0 fully saturated rings. The van der Waals surface area contributed by atoms with Crippen molar-refractivity contribution in [1.82, 2.24) is 20.0 Å². The van der Waals surface area contributed by atoms with Gasteiger partial charge in [0.25, 0.3) is 0 Å². The summed E-state index contributed by atoms with van der Waals surface area (Å²) < 4.78 is 5.59. The molecular weight excluding hydrogens is 360 g/mol. The lowest BCUT2D eigenvalue weighted by Crippen LogP contribution is -2.05. The van der Waals surface area contributed by atoms with Gasteiger partial charge in [-0.15, -0.1) is 21.5 Å². The molecule has 6 nitrogen and oxygen atoms in total. The Bertz CT molecular complexity index is 973. The highest BCUT2D eigenvalue weighted by molar-refractivity contribution is 7.80. The van der Waals surface area contributed by atoms with E-state index < -0.39 is 0 Å². The SMILES string of the molecule is Oc1c(-n2nc3c(n2)CC(Cl)C=C3)ccc2c(OCCS)nccc12. The molecule has 4 rings (SSSR count). The Kier molecular flexibility index (Phi) is 4.27. The van der Waals surface area contributed by atoms with Crippen LogP contribution in [0, 0.1) is 0 Å². The lowest BCUT2D eigenvalue weighted by atomic mass is 10.1. The number of allylic oxidation sites excluding steroid dienone is 1. The van der Waals surface area contributed by atoms with Gasteiger partial charge in [-0.2, -0.15) is 17.7 Å². The van der Waals surface area contributed by atoms with E-state index in [9.17, 15) is 5.11 Å². The average Bonchev–Trinajstić information content (AvgIpc) is 3.03. The molecule has 0 spiro atoms. The molecule has 1 unspecified atom stereocenters. The zero-order valence-corrected chi connectivity index (χ0v) is 14.8. The van der Waals surface area contributed by atoms with Crippen LogP contribution in [-0.4, -0.2) is 42.8 Å². The molecule has 1 atom stereocenters. The summed E-state index contributed by atoms with van der Waals surface area (Å²) >= 11 is 10.3. The Morgan fingerprint density at radius 2 is 2.16 bits per heavy atom. The van der Waals surface area contributed by atoms with Crippen LogP contribution < -0.4 is 4.74 Å². The van der Waals surface area contributed by atoms with E-state index >= 15 is 0 Å². The fraction of sp³-hybridized carbons (Fsp3) is 0.235. The molecule has 0 saturated carbocycles. The van der Waals surface area contributed by atoms with Gasteiger partial charge in [0, 0.05) is 29.1 Å². The summed E-state index contributed by atoms with van der Waals surface area (Å²) in [5.74, 6) is 1.13. The number of fused-ring (bicyclic) bond motifs is 2. The van der Waals surface area contributed by atoms with Crippen molar-refractivity contribution in [2.24, 2.45) is 0 Å². The monoisotopic (exact) mass is 374 g/mol. The van der Waals surface area contributed by atoms with Gasteiger partial charge in [0.15, 0.2) is 5.75 Å². The second-order valence-corrected chi connectivity index (χ2v) is 6.62. The molecule has 1 aliphatic carbocycles. The molecule has 2 heterocycles. The van der Waals surface area contributed by atoms with E-state index in [0.29, 0.717) is 35.7 Å². The fourth-order valence-corrected chi connectivity index (χ4v) is 3.11. The number of thiol groups is 1. The maximum Gasteiger partial charge on any atom is 0.221 e. The molecule has 0 saturated heterocycles. The maximum atomic E-state index is 10.7. The summed E-state index contributed by atoms with van der Waals surface area (Å²) in [5.41, 5.74) is 2.08. The lowest BCUT2D eigenvalue weighted by Gasteiger charge is -2.10. The van der Waals surface area contributed by atoms with Crippen molar-refractivity contribution in [3.8, 4) is 17.3 Å². The minimum absolute atomic E-state index is 0.0781. The quantitative estimate of drug-likeness (QED) is 0.542. The Balaban J connectivity index is 1.79. The fourth-order valence-electron chi connectivity index (χ4n) is 2.80. The molecule has 128 valence electrons. The van der Waals surface area contributed by atoms with E-state index in [-0.39, 0.29) is 11.1 Å². The first-order valence-electron chi connectivity index (χ1n) is 7.80. The number of hydrogen-bond donors (Lipinski definition) is 2. The molecule has 3 aromatic rings. The number of pyridine rings is 1. The summed E-state index contributed by atoms with van der Waals surface area (Å²) in [6.07, 6.45) is 5.96. The number of alkyl halides is 1.